The van der Waals surface area contributed by atoms with Crippen LogP contribution in [0.1, 0.15) is 24.9 Å². The fraction of sp³-hybridized carbons (Fsp3) is 0.667. The molecule has 0 saturated carbocycles. The van der Waals surface area contributed by atoms with Crippen LogP contribution in [0.25, 0.3) is 0 Å². The molecule has 15 heavy (non-hydrogen) atoms. The number of hydrogen-bond acceptors (Lipinski definition) is 3. The first-order chi connectivity index (χ1) is 7.38. The fourth-order valence-corrected chi connectivity index (χ4v) is 2.80. The standard InChI is InChI=1S/C12H19NOS/c1-2-11-4-5-12(14-11)10-13-6-3-8-15-9-7-13/h4-5H,2-3,6-10H2,1H3. The van der Waals surface area contributed by atoms with Gasteiger partial charge in [0.25, 0.3) is 0 Å². The first-order valence-electron chi connectivity index (χ1n) is 5.76. The van der Waals surface area contributed by atoms with Crippen LogP contribution < -0.4 is 0 Å². The van der Waals surface area contributed by atoms with E-state index in [1.807, 2.05) is 0 Å². The van der Waals surface area contributed by atoms with Gasteiger partial charge in [-0.3, -0.25) is 4.90 Å². The summed E-state index contributed by atoms with van der Waals surface area (Å²) in [5.74, 6) is 4.81. The van der Waals surface area contributed by atoms with Crippen molar-refractivity contribution in [1.82, 2.24) is 4.90 Å². The summed E-state index contributed by atoms with van der Waals surface area (Å²) >= 11 is 2.07. The molecule has 0 unspecified atom stereocenters. The molecule has 0 aliphatic carbocycles. The lowest BCUT2D eigenvalue weighted by atomic mass is 10.3. The summed E-state index contributed by atoms with van der Waals surface area (Å²) in [5, 5.41) is 0. The van der Waals surface area contributed by atoms with E-state index in [9.17, 15) is 0 Å². The average Bonchev–Trinajstić information content (AvgIpc) is 2.54. The molecule has 2 rings (SSSR count). The van der Waals surface area contributed by atoms with Gasteiger partial charge in [0.15, 0.2) is 0 Å². The van der Waals surface area contributed by atoms with E-state index < -0.39 is 0 Å². The number of hydrogen-bond donors (Lipinski definition) is 0. The Morgan fingerprint density at radius 1 is 1.27 bits per heavy atom. The zero-order chi connectivity index (χ0) is 10.5. The zero-order valence-corrected chi connectivity index (χ0v) is 10.2. The monoisotopic (exact) mass is 225 g/mol. The lowest BCUT2D eigenvalue weighted by molar-refractivity contribution is 0.259. The van der Waals surface area contributed by atoms with Crippen molar-refractivity contribution in [2.24, 2.45) is 0 Å². The van der Waals surface area contributed by atoms with E-state index in [2.05, 4.69) is 35.7 Å². The SMILES string of the molecule is CCc1ccc(CN2CCCSCC2)o1. The third-order valence-electron chi connectivity index (χ3n) is 2.76. The number of rotatable bonds is 3. The van der Waals surface area contributed by atoms with Crippen LogP contribution in [-0.2, 0) is 13.0 Å². The molecule has 1 aromatic rings. The molecule has 0 amide bonds. The van der Waals surface area contributed by atoms with Crippen LogP contribution in [0, 0.1) is 0 Å². The van der Waals surface area contributed by atoms with E-state index in [0.717, 1.165) is 24.5 Å². The first kappa shape index (κ1) is 11.1. The van der Waals surface area contributed by atoms with Crippen LogP contribution in [0.4, 0.5) is 0 Å². The van der Waals surface area contributed by atoms with Crippen LogP contribution in [0.5, 0.6) is 0 Å². The lowest BCUT2D eigenvalue weighted by Gasteiger charge is -2.17. The summed E-state index contributed by atoms with van der Waals surface area (Å²) in [6, 6.07) is 4.22. The molecule has 1 fully saturated rings. The Kier molecular flexibility index (Phi) is 4.15. The van der Waals surface area contributed by atoms with Gasteiger partial charge in [0.2, 0.25) is 0 Å². The molecule has 2 heterocycles. The normalized spacial score (nSPS) is 19.0. The Morgan fingerprint density at radius 3 is 2.93 bits per heavy atom. The molecule has 2 nitrogen and oxygen atoms in total. The fourth-order valence-electron chi connectivity index (χ4n) is 1.87. The van der Waals surface area contributed by atoms with Gasteiger partial charge >= 0.3 is 0 Å². The van der Waals surface area contributed by atoms with E-state index in [4.69, 9.17) is 4.42 Å². The van der Waals surface area contributed by atoms with Crippen LogP contribution in [0.2, 0.25) is 0 Å². The molecular weight excluding hydrogens is 206 g/mol. The Balaban J connectivity index is 1.89. The molecule has 0 aromatic carbocycles. The Morgan fingerprint density at radius 2 is 2.13 bits per heavy atom. The maximum absolute atomic E-state index is 5.73. The number of aryl methyl sites for hydroxylation is 1. The van der Waals surface area contributed by atoms with E-state index in [1.54, 1.807) is 0 Å². The first-order valence-corrected chi connectivity index (χ1v) is 6.91. The second kappa shape index (κ2) is 5.61. The summed E-state index contributed by atoms with van der Waals surface area (Å²) in [6.45, 7) is 5.54. The van der Waals surface area contributed by atoms with Gasteiger partial charge in [0.1, 0.15) is 11.5 Å². The van der Waals surface area contributed by atoms with Gasteiger partial charge in [0.05, 0.1) is 6.54 Å². The minimum Gasteiger partial charge on any atom is -0.465 e. The lowest BCUT2D eigenvalue weighted by Crippen LogP contribution is -2.25. The van der Waals surface area contributed by atoms with Gasteiger partial charge in [-0.05, 0) is 30.9 Å². The summed E-state index contributed by atoms with van der Waals surface area (Å²) in [7, 11) is 0. The molecule has 0 bridgehead atoms. The largest absolute Gasteiger partial charge is 0.465 e. The van der Waals surface area contributed by atoms with Crippen molar-refractivity contribution in [1.29, 1.82) is 0 Å². The molecule has 84 valence electrons. The van der Waals surface area contributed by atoms with E-state index in [1.165, 1.54) is 31.0 Å². The minimum atomic E-state index is 0.987. The molecule has 1 saturated heterocycles. The van der Waals surface area contributed by atoms with E-state index >= 15 is 0 Å². The van der Waals surface area contributed by atoms with Crippen molar-refractivity contribution < 1.29 is 4.42 Å². The van der Waals surface area contributed by atoms with Crippen molar-refractivity contribution in [2.75, 3.05) is 24.6 Å². The smallest absolute Gasteiger partial charge is 0.118 e. The number of furan rings is 1. The molecule has 0 atom stereocenters. The van der Waals surface area contributed by atoms with Crippen LogP contribution >= 0.6 is 11.8 Å². The Labute approximate surface area is 96.0 Å². The number of thioether (sulfide) groups is 1. The van der Waals surface area contributed by atoms with Gasteiger partial charge in [-0.2, -0.15) is 11.8 Å². The van der Waals surface area contributed by atoms with Crippen LogP contribution in [-0.4, -0.2) is 29.5 Å². The highest BCUT2D eigenvalue weighted by molar-refractivity contribution is 7.99. The highest BCUT2D eigenvalue weighted by atomic mass is 32.2. The second-order valence-electron chi connectivity index (χ2n) is 3.96. The van der Waals surface area contributed by atoms with Gasteiger partial charge in [-0.1, -0.05) is 6.92 Å². The third kappa shape index (κ3) is 3.28. The maximum Gasteiger partial charge on any atom is 0.118 e. The van der Waals surface area contributed by atoms with Crippen molar-refractivity contribution >= 4 is 11.8 Å². The average molecular weight is 225 g/mol. The summed E-state index contributed by atoms with van der Waals surface area (Å²) in [4.78, 5) is 2.50. The summed E-state index contributed by atoms with van der Waals surface area (Å²) in [5.41, 5.74) is 0. The van der Waals surface area contributed by atoms with Gasteiger partial charge < -0.3 is 4.42 Å². The highest BCUT2D eigenvalue weighted by Gasteiger charge is 2.11. The van der Waals surface area contributed by atoms with Gasteiger partial charge in [-0.15, -0.1) is 0 Å². The second-order valence-corrected chi connectivity index (χ2v) is 5.19. The van der Waals surface area contributed by atoms with E-state index in [-0.39, 0.29) is 0 Å². The van der Waals surface area contributed by atoms with Gasteiger partial charge in [0, 0.05) is 18.7 Å². The highest BCUT2D eigenvalue weighted by Crippen LogP contribution is 2.15. The Bertz CT molecular complexity index is 290. The van der Waals surface area contributed by atoms with Crippen LogP contribution in [0.15, 0.2) is 16.5 Å². The molecule has 3 heteroatoms. The van der Waals surface area contributed by atoms with Crippen LogP contribution in [0.3, 0.4) is 0 Å². The topological polar surface area (TPSA) is 16.4 Å². The van der Waals surface area contributed by atoms with Crippen molar-refractivity contribution in [2.45, 2.75) is 26.3 Å². The molecule has 1 aliphatic rings. The van der Waals surface area contributed by atoms with Gasteiger partial charge in [-0.25, -0.2) is 0 Å². The van der Waals surface area contributed by atoms with Crippen molar-refractivity contribution in [3.05, 3.63) is 23.7 Å². The molecule has 0 spiro atoms. The Hall–Kier alpha value is -0.410. The summed E-state index contributed by atoms with van der Waals surface area (Å²) < 4.78 is 5.73. The quantitative estimate of drug-likeness (QED) is 0.787. The number of nitrogens with zero attached hydrogens (tertiary/aromatic N) is 1. The molecule has 0 radical (unpaired) electrons. The predicted molar refractivity (Wildman–Crippen MR) is 65.3 cm³/mol. The summed E-state index contributed by atoms with van der Waals surface area (Å²) in [6.07, 6.45) is 2.31. The maximum atomic E-state index is 5.73. The molecular formula is C12H19NOS. The molecule has 1 aromatic heterocycles. The zero-order valence-electron chi connectivity index (χ0n) is 9.37. The predicted octanol–water partition coefficient (Wildman–Crippen LogP) is 2.78. The van der Waals surface area contributed by atoms with E-state index in [0.29, 0.717) is 0 Å². The molecule has 0 N–H and O–H groups in total. The third-order valence-corrected chi connectivity index (χ3v) is 3.81. The van der Waals surface area contributed by atoms with Crippen molar-refractivity contribution in [3.8, 4) is 0 Å². The molecule has 1 aliphatic heterocycles. The van der Waals surface area contributed by atoms with Crippen molar-refractivity contribution in [3.63, 3.8) is 0 Å². The minimum absolute atomic E-state index is 0.987.